The van der Waals surface area contributed by atoms with Gasteiger partial charge in [0.2, 0.25) is 5.91 Å². The Labute approximate surface area is 163 Å². The number of piperidine rings is 1. The first kappa shape index (κ1) is 19.6. The number of nitrogens with zero attached hydrogens (tertiary/aromatic N) is 2. The summed E-state index contributed by atoms with van der Waals surface area (Å²) in [6, 6.07) is 4.10. The highest BCUT2D eigenvalue weighted by molar-refractivity contribution is 5.89. The zero-order chi connectivity index (χ0) is 19.1. The highest BCUT2D eigenvalue weighted by Crippen LogP contribution is 2.43. The number of amides is 1. The van der Waals surface area contributed by atoms with Crippen molar-refractivity contribution >= 4 is 5.91 Å². The number of carbonyl (C=O) groups excluding carboxylic acids is 1. The lowest BCUT2D eigenvalue weighted by Gasteiger charge is -2.39. The van der Waals surface area contributed by atoms with E-state index in [0.29, 0.717) is 0 Å². The Hall–Kier alpha value is -2.20. The molecule has 0 saturated carbocycles. The van der Waals surface area contributed by atoms with Gasteiger partial charge in [0.15, 0.2) is 0 Å². The molecular formula is C23H31N3O. The molecule has 0 spiro atoms. The van der Waals surface area contributed by atoms with E-state index in [9.17, 15) is 4.79 Å². The van der Waals surface area contributed by atoms with Crippen LogP contribution in [0.2, 0.25) is 0 Å². The van der Waals surface area contributed by atoms with Crippen molar-refractivity contribution in [2.45, 2.75) is 39.5 Å². The van der Waals surface area contributed by atoms with Crippen LogP contribution < -0.4 is 5.32 Å². The first-order chi connectivity index (χ1) is 13.2. The third-order valence-electron chi connectivity index (χ3n) is 5.78. The molecule has 4 nitrogen and oxygen atoms in total. The lowest BCUT2D eigenvalue weighted by molar-refractivity contribution is -0.137. The molecular weight excluding hydrogens is 334 g/mol. The minimum Gasteiger partial charge on any atom is -0.342 e. The van der Waals surface area contributed by atoms with Gasteiger partial charge in [-0.15, -0.1) is 0 Å². The number of rotatable bonds is 6. The lowest BCUT2D eigenvalue weighted by atomic mass is 9.69. The van der Waals surface area contributed by atoms with Crippen LogP contribution in [0.1, 0.15) is 38.7 Å². The summed E-state index contributed by atoms with van der Waals surface area (Å²) in [5.74, 6) is 0.234. The molecule has 2 heterocycles. The summed E-state index contributed by atoms with van der Waals surface area (Å²) in [5.41, 5.74) is 3.34. The van der Waals surface area contributed by atoms with E-state index in [2.05, 4.69) is 54.5 Å². The summed E-state index contributed by atoms with van der Waals surface area (Å²) >= 11 is 0. The molecule has 1 atom stereocenters. The Morgan fingerprint density at radius 2 is 2.00 bits per heavy atom. The second-order valence-electron chi connectivity index (χ2n) is 7.31. The zero-order valence-corrected chi connectivity index (χ0v) is 16.6. The van der Waals surface area contributed by atoms with Crippen molar-refractivity contribution in [3.05, 3.63) is 65.5 Å². The molecule has 1 aromatic heterocycles. The predicted molar refractivity (Wildman–Crippen MR) is 110 cm³/mol. The fraction of sp³-hybridized carbons (Fsp3) is 0.478. The summed E-state index contributed by atoms with van der Waals surface area (Å²) in [6.45, 7) is 7.59. The first-order valence-electron chi connectivity index (χ1n) is 10.2. The molecule has 2 aliphatic rings. The number of pyridine rings is 1. The van der Waals surface area contributed by atoms with E-state index in [-0.39, 0.29) is 5.91 Å². The van der Waals surface area contributed by atoms with E-state index in [1.807, 2.05) is 17.2 Å². The number of nitrogens with one attached hydrogen (secondary N) is 1. The van der Waals surface area contributed by atoms with Gasteiger partial charge in [-0.2, -0.15) is 0 Å². The number of hydrogen-bond acceptors (Lipinski definition) is 3. The van der Waals surface area contributed by atoms with Crippen molar-refractivity contribution in [2.75, 3.05) is 26.2 Å². The Bertz CT molecular complexity index is 723. The van der Waals surface area contributed by atoms with E-state index in [4.69, 9.17) is 0 Å². The summed E-state index contributed by atoms with van der Waals surface area (Å²) in [4.78, 5) is 20.0. The third-order valence-corrected chi connectivity index (χ3v) is 5.78. The van der Waals surface area contributed by atoms with Gasteiger partial charge in [0.25, 0.3) is 0 Å². The van der Waals surface area contributed by atoms with Crippen molar-refractivity contribution in [3.8, 4) is 0 Å². The summed E-state index contributed by atoms with van der Waals surface area (Å²) in [7, 11) is 0. The van der Waals surface area contributed by atoms with Crippen molar-refractivity contribution in [1.29, 1.82) is 0 Å². The molecule has 0 aromatic carbocycles. The Morgan fingerprint density at radius 3 is 2.59 bits per heavy atom. The average Bonchev–Trinajstić information content (AvgIpc) is 2.74. The molecule has 1 fully saturated rings. The zero-order valence-electron chi connectivity index (χ0n) is 16.6. The van der Waals surface area contributed by atoms with Gasteiger partial charge in [-0.3, -0.25) is 9.78 Å². The summed E-state index contributed by atoms with van der Waals surface area (Å²) in [5, 5.41) is 3.45. The van der Waals surface area contributed by atoms with Crippen LogP contribution in [-0.4, -0.2) is 42.0 Å². The van der Waals surface area contributed by atoms with Crippen LogP contribution in [0.5, 0.6) is 0 Å². The van der Waals surface area contributed by atoms with Crippen LogP contribution in [-0.2, 0) is 11.2 Å². The molecule has 1 unspecified atom stereocenters. The fourth-order valence-corrected chi connectivity index (χ4v) is 4.26. The van der Waals surface area contributed by atoms with Crippen LogP contribution in [0.3, 0.4) is 0 Å². The summed E-state index contributed by atoms with van der Waals surface area (Å²) < 4.78 is 0. The maximum Gasteiger partial charge on any atom is 0.237 e. The van der Waals surface area contributed by atoms with Gasteiger partial charge in [0.05, 0.1) is 5.41 Å². The quantitative estimate of drug-likeness (QED) is 0.782. The largest absolute Gasteiger partial charge is 0.342 e. The first-order valence-corrected chi connectivity index (χ1v) is 10.2. The van der Waals surface area contributed by atoms with Gasteiger partial charge < -0.3 is 10.2 Å². The van der Waals surface area contributed by atoms with Crippen LogP contribution in [0.15, 0.2) is 60.0 Å². The topological polar surface area (TPSA) is 45.2 Å². The van der Waals surface area contributed by atoms with Gasteiger partial charge in [0, 0.05) is 25.5 Å². The third kappa shape index (κ3) is 4.22. The van der Waals surface area contributed by atoms with E-state index in [1.54, 1.807) is 6.20 Å². The van der Waals surface area contributed by atoms with Gasteiger partial charge in [-0.25, -0.2) is 0 Å². The molecule has 1 N–H and O–H groups in total. The summed E-state index contributed by atoms with van der Waals surface area (Å²) in [6.07, 6.45) is 15.7. The molecule has 144 valence electrons. The average molecular weight is 366 g/mol. The van der Waals surface area contributed by atoms with Crippen LogP contribution in [0.25, 0.3) is 0 Å². The molecule has 3 rings (SSSR count). The molecule has 0 bridgehead atoms. The molecule has 1 aliphatic heterocycles. The van der Waals surface area contributed by atoms with Gasteiger partial charge in [-0.05, 0) is 69.8 Å². The van der Waals surface area contributed by atoms with Crippen molar-refractivity contribution in [3.63, 3.8) is 0 Å². The SMILES string of the molecule is CCN(CC)C(=O)C1(C(Cc2cccnc2)=C2CCNCC2)C=CC=CC1. The molecule has 1 aliphatic carbocycles. The van der Waals surface area contributed by atoms with Gasteiger partial charge in [0.1, 0.15) is 0 Å². The van der Waals surface area contributed by atoms with Crippen molar-refractivity contribution in [2.24, 2.45) is 5.41 Å². The minimum atomic E-state index is -0.566. The Kier molecular flexibility index (Phi) is 6.62. The molecule has 27 heavy (non-hydrogen) atoms. The fourth-order valence-electron chi connectivity index (χ4n) is 4.26. The second-order valence-corrected chi connectivity index (χ2v) is 7.31. The Balaban J connectivity index is 2.09. The van der Waals surface area contributed by atoms with Crippen LogP contribution in [0, 0.1) is 5.41 Å². The molecule has 0 radical (unpaired) electrons. The van der Waals surface area contributed by atoms with Gasteiger partial charge in [-0.1, -0.05) is 35.9 Å². The molecule has 1 saturated heterocycles. The standard InChI is InChI=1S/C23H31N3O/c1-3-26(4-2)22(27)23(12-6-5-7-13-23)21(20-10-15-24-16-11-20)17-19-9-8-14-25-18-19/h5-9,12,14,18,24H,3-4,10-11,13,15-17H2,1-2H3. The van der Waals surface area contributed by atoms with Crippen LogP contribution >= 0.6 is 0 Å². The maximum atomic E-state index is 13.7. The van der Waals surface area contributed by atoms with E-state index >= 15 is 0 Å². The number of carbonyl (C=O) groups is 1. The highest BCUT2D eigenvalue weighted by atomic mass is 16.2. The van der Waals surface area contributed by atoms with E-state index in [0.717, 1.165) is 51.9 Å². The minimum absolute atomic E-state index is 0.234. The van der Waals surface area contributed by atoms with Crippen molar-refractivity contribution < 1.29 is 4.79 Å². The molecule has 4 heteroatoms. The molecule has 1 aromatic rings. The van der Waals surface area contributed by atoms with Crippen LogP contribution in [0.4, 0.5) is 0 Å². The number of hydrogen-bond donors (Lipinski definition) is 1. The lowest BCUT2D eigenvalue weighted by Crippen LogP contribution is -2.45. The monoisotopic (exact) mass is 365 g/mol. The van der Waals surface area contributed by atoms with Gasteiger partial charge >= 0.3 is 0 Å². The predicted octanol–water partition coefficient (Wildman–Crippen LogP) is 3.68. The maximum absolute atomic E-state index is 13.7. The smallest absolute Gasteiger partial charge is 0.237 e. The number of aromatic nitrogens is 1. The molecule has 1 amide bonds. The van der Waals surface area contributed by atoms with Crippen molar-refractivity contribution in [1.82, 2.24) is 15.2 Å². The second kappa shape index (κ2) is 9.14. The number of allylic oxidation sites excluding steroid dienone is 3. The van der Waals surface area contributed by atoms with E-state index in [1.165, 1.54) is 16.7 Å². The Morgan fingerprint density at radius 1 is 1.22 bits per heavy atom. The normalized spacial score (nSPS) is 21.9. The van der Waals surface area contributed by atoms with E-state index < -0.39 is 5.41 Å². The highest BCUT2D eigenvalue weighted by Gasteiger charge is 2.42.